The van der Waals surface area contributed by atoms with Crippen LogP contribution in [-0.2, 0) is 4.79 Å². The Bertz CT molecular complexity index is 670. The van der Waals surface area contributed by atoms with Crippen LogP contribution in [0.2, 0.25) is 0 Å². The summed E-state index contributed by atoms with van der Waals surface area (Å²) in [4.78, 5) is 23.1. The Balaban J connectivity index is 1.77. The molecule has 0 spiro atoms. The lowest BCUT2D eigenvalue weighted by molar-refractivity contribution is -0.125. The highest BCUT2D eigenvalue weighted by Gasteiger charge is 2.55. The molecule has 1 aromatic rings. The second kappa shape index (κ2) is 7.15. The van der Waals surface area contributed by atoms with E-state index in [0.717, 1.165) is 37.5 Å². The standard InChI is InChI=1S/C22H31N3O/c1-22(2)19(24-15-9-10-16-24)20(23-17-11-5-3-6-12-17)25(21(22)26)18-13-7-4-8-14-18/h4,7-8,13-14,17,19H,3,5-6,9-12,15-16H2,1-2H3/t19-/m1/s1. The lowest BCUT2D eigenvalue weighted by atomic mass is 9.85. The highest BCUT2D eigenvalue weighted by atomic mass is 16.2. The van der Waals surface area contributed by atoms with Crippen LogP contribution in [0.1, 0.15) is 58.8 Å². The number of rotatable bonds is 3. The van der Waals surface area contributed by atoms with Crippen molar-refractivity contribution >= 4 is 17.4 Å². The van der Waals surface area contributed by atoms with Gasteiger partial charge in [0.15, 0.2) is 0 Å². The lowest BCUT2D eigenvalue weighted by Gasteiger charge is -2.32. The van der Waals surface area contributed by atoms with Crippen molar-refractivity contribution in [2.24, 2.45) is 10.4 Å². The minimum atomic E-state index is -0.437. The summed E-state index contributed by atoms with van der Waals surface area (Å²) in [5.74, 6) is 1.19. The third-order valence-electron chi connectivity index (χ3n) is 6.32. The van der Waals surface area contributed by atoms with Crippen LogP contribution in [0.15, 0.2) is 35.3 Å². The predicted octanol–water partition coefficient (Wildman–Crippen LogP) is 4.26. The van der Waals surface area contributed by atoms with Gasteiger partial charge in [0.05, 0.1) is 23.2 Å². The van der Waals surface area contributed by atoms with Crippen molar-refractivity contribution in [2.75, 3.05) is 18.0 Å². The summed E-state index contributed by atoms with van der Waals surface area (Å²) in [5, 5.41) is 0. The molecule has 1 aromatic carbocycles. The number of amides is 1. The van der Waals surface area contributed by atoms with E-state index in [1.54, 1.807) is 0 Å². The number of para-hydroxylation sites is 1. The van der Waals surface area contributed by atoms with Gasteiger partial charge < -0.3 is 0 Å². The highest BCUT2D eigenvalue weighted by molar-refractivity contribution is 6.27. The smallest absolute Gasteiger partial charge is 0.240 e. The van der Waals surface area contributed by atoms with E-state index >= 15 is 0 Å². The summed E-state index contributed by atoms with van der Waals surface area (Å²) in [6, 6.07) is 10.6. The van der Waals surface area contributed by atoms with Crippen LogP contribution in [0.4, 0.5) is 5.69 Å². The molecule has 4 rings (SSSR count). The number of amidine groups is 1. The molecular weight excluding hydrogens is 322 g/mol. The maximum absolute atomic E-state index is 13.5. The molecule has 4 heteroatoms. The Kier molecular flexibility index (Phi) is 4.87. The van der Waals surface area contributed by atoms with E-state index in [1.807, 2.05) is 35.2 Å². The van der Waals surface area contributed by atoms with E-state index in [1.165, 1.54) is 32.1 Å². The molecule has 140 valence electrons. The Morgan fingerprint density at radius 2 is 1.62 bits per heavy atom. The Morgan fingerprint density at radius 3 is 2.27 bits per heavy atom. The molecule has 1 atom stereocenters. The maximum Gasteiger partial charge on any atom is 0.240 e. The fraction of sp³-hybridized carbons (Fsp3) is 0.636. The number of aliphatic imine (C=N–C) groups is 1. The molecule has 2 aliphatic heterocycles. The number of hydrogen-bond donors (Lipinski definition) is 0. The number of anilines is 1. The molecular formula is C22H31N3O. The van der Waals surface area contributed by atoms with Gasteiger partial charge in [0.1, 0.15) is 5.84 Å². The summed E-state index contributed by atoms with van der Waals surface area (Å²) < 4.78 is 0. The van der Waals surface area contributed by atoms with E-state index in [0.29, 0.717) is 6.04 Å². The lowest BCUT2D eigenvalue weighted by Crippen LogP contribution is -2.46. The molecule has 4 nitrogen and oxygen atoms in total. The zero-order chi connectivity index (χ0) is 18.1. The van der Waals surface area contributed by atoms with Crippen LogP contribution in [0, 0.1) is 5.41 Å². The largest absolute Gasteiger partial charge is 0.293 e. The van der Waals surface area contributed by atoms with E-state index in [2.05, 4.69) is 18.7 Å². The molecule has 2 heterocycles. The first kappa shape index (κ1) is 17.7. The summed E-state index contributed by atoms with van der Waals surface area (Å²) in [6.45, 7) is 6.37. The number of hydrogen-bond acceptors (Lipinski definition) is 3. The van der Waals surface area contributed by atoms with Gasteiger partial charge in [-0.2, -0.15) is 0 Å². The molecule has 0 radical (unpaired) electrons. The molecule has 0 bridgehead atoms. The van der Waals surface area contributed by atoms with E-state index in [4.69, 9.17) is 4.99 Å². The summed E-state index contributed by atoms with van der Waals surface area (Å²) in [5.41, 5.74) is 0.523. The van der Waals surface area contributed by atoms with Crippen molar-refractivity contribution in [3.05, 3.63) is 30.3 Å². The average Bonchev–Trinajstić information content (AvgIpc) is 3.23. The normalized spacial score (nSPS) is 29.0. The fourth-order valence-electron chi connectivity index (χ4n) is 4.93. The fourth-order valence-corrected chi connectivity index (χ4v) is 4.93. The zero-order valence-corrected chi connectivity index (χ0v) is 16.2. The van der Waals surface area contributed by atoms with Gasteiger partial charge in [-0.05, 0) is 64.8 Å². The van der Waals surface area contributed by atoms with E-state index < -0.39 is 5.41 Å². The predicted molar refractivity (Wildman–Crippen MR) is 107 cm³/mol. The minimum absolute atomic E-state index is 0.0969. The first-order chi connectivity index (χ1) is 12.6. The molecule has 1 amide bonds. The van der Waals surface area contributed by atoms with Gasteiger partial charge in [-0.25, -0.2) is 0 Å². The number of carbonyl (C=O) groups is 1. The third-order valence-corrected chi connectivity index (χ3v) is 6.32. The van der Waals surface area contributed by atoms with Gasteiger partial charge in [-0.3, -0.25) is 19.6 Å². The number of nitrogens with zero attached hydrogens (tertiary/aromatic N) is 3. The summed E-state index contributed by atoms with van der Waals surface area (Å²) in [6.07, 6.45) is 8.62. The molecule has 1 aliphatic carbocycles. The topological polar surface area (TPSA) is 35.9 Å². The van der Waals surface area contributed by atoms with Gasteiger partial charge in [0, 0.05) is 0 Å². The van der Waals surface area contributed by atoms with Crippen molar-refractivity contribution in [3.63, 3.8) is 0 Å². The number of likely N-dealkylation sites (tertiary alicyclic amines) is 1. The summed E-state index contributed by atoms with van der Waals surface area (Å²) in [7, 11) is 0. The SMILES string of the molecule is CC1(C)C(=O)N(c2ccccc2)C(=NC2CCCCC2)[C@H]1N1CCCC1. The average molecular weight is 354 g/mol. The van der Waals surface area contributed by atoms with Crippen molar-refractivity contribution in [1.29, 1.82) is 0 Å². The molecule has 2 saturated heterocycles. The van der Waals surface area contributed by atoms with Crippen molar-refractivity contribution < 1.29 is 4.79 Å². The van der Waals surface area contributed by atoms with Crippen LogP contribution in [-0.4, -0.2) is 41.8 Å². The molecule has 26 heavy (non-hydrogen) atoms. The van der Waals surface area contributed by atoms with Crippen LogP contribution in [0.3, 0.4) is 0 Å². The molecule has 0 aromatic heterocycles. The molecule has 1 saturated carbocycles. The Morgan fingerprint density at radius 1 is 0.962 bits per heavy atom. The molecule has 0 unspecified atom stereocenters. The van der Waals surface area contributed by atoms with Gasteiger partial charge in [-0.15, -0.1) is 0 Å². The first-order valence-electron chi connectivity index (χ1n) is 10.3. The van der Waals surface area contributed by atoms with Gasteiger partial charge in [-0.1, -0.05) is 37.5 Å². The van der Waals surface area contributed by atoms with Crippen LogP contribution in [0.25, 0.3) is 0 Å². The monoisotopic (exact) mass is 353 g/mol. The van der Waals surface area contributed by atoms with Crippen LogP contribution >= 0.6 is 0 Å². The minimum Gasteiger partial charge on any atom is -0.293 e. The van der Waals surface area contributed by atoms with Crippen molar-refractivity contribution in [3.8, 4) is 0 Å². The van der Waals surface area contributed by atoms with Crippen LogP contribution < -0.4 is 4.90 Å². The molecule has 3 fully saturated rings. The number of carbonyl (C=O) groups excluding carboxylic acids is 1. The zero-order valence-electron chi connectivity index (χ0n) is 16.2. The maximum atomic E-state index is 13.5. The van der Waals surface area contributed by atoms with Crippen LogP contribution in [0.5, 0.6) is 0 Å². The third kappa shape index (κ3) is 3.09. The van der Waals surface area contributed by atoms with Crippen molar-refractivity contribution in [1.82, 2.24) is 4.90 Å². The van der Waals surface area contributed by atoms with Gasteiger partial charge in [0.2, 0.25) is 5.91 Å². The van der Waals surface area contributed by atoms with Gasteiger partial charge in [0.25, 0.3) is 0 Å². The van der Waals surface area contributed by atoms with Crippen molar-refractivity contribution in [2.45, 2.75) is 70.9 Å². The van der Waals surface area contributed by atoms with Gasteiger partial charge >= 0.3 is 0 Å². The number of benzene rings is 1. The highest BCUT2D eigenvalue weighted by Crippen LogP contribution is 2.41. The van der Waals surface area contributed by atoms with E-state index in [9.17, 15) is 4.79 Å². The first-order valence-corrected chi connectivity index (χ1v) is 10.3. The molecule has 3 aliphatic rings. The Hall–Kier alpha value is -1.68. The van der Waals surface area contributed by atoms with E-state index in [-0.39, 0.29) is 11.9 Å². The summed E-state index contributed by atoms with van der Waals surface area (Å²) >= 11 is 0. The quantitative estimate of drug-likeness (QED) is 0.814. The molecule has 0 N–H and O–H groups in total. The Labute approximate surface area is 157 Å². The second-order valence-electron chi connectivity index (χ2n) is 8.62. The second-order valence-corrected chi connectivity index (χ2v) is 8.62.